The maximum Gasteiger partial charge on any atom is 0.325 e. The van der Waals surface area contributed by atoms with Gasteiger partial charge in [0.05, 0.1) is 12.1 Å². The van der Waals surface area contributed by atoms with Crippen molar-refractivity contribution in [2.45, 2.75) is 30.7 Å². The van der Waals surface area contributed by atoms with Gasteiger partial charge in [-0.05, 0) is 38.1 Å². The maximum absolute atomic E-state index is 11.8. The number of nitrogens with one attached hydrogen (secondary N) is 1. The Morgan fingerprint density at radius 3 is 2.75 bits per heavy atom. The van der Waals surface area contributed by atoms with Crippen LogP contribution in [-0.2, 0) is 9.53 Å². The molecule has 0 fully saturated rings. The maximum atomic E-state index is 11.8. The number of hydrogen-bond acceptors (Lipinski definition) is 4. The van der Waals surface area contributed by atoms with Crippen molar-refractivity contribution < 1.29 is 9.53 Å². The molecule has 1 aromatic carbocycles. The molecule has 1 rings (SSSR count). The minimum absolute atomic E-state index is 0.253. The van der Waals surface area contributed by atoms with E-state index in [1.54, 1.807) is 23.9 Å². The van der Waals surface area contributed by atoms with Crippen LogP contribution in [0.2, 0.25) is 10.0 Å². The first-order valence-corrected chi connectivity index (χ1v) is 8.08. The normalized spacial score (nSPS) is 13.8. The monoisotopic (exact) mass is 335 g/mol. The number of hydrogen-bond donors (Lipinski definition) is 1. The Hall–Kier alpha value is -0.420. The second kappa shape index (κ2) is 8.13. The summed E-state index contributed by atoms with van der Waals surface area (Å²) in [5, 5.41) is 4.50. The molecule has 0 radical (unpaired) electrons. The van der Waals surface area contributed by atoms with Gasteiger partial charge < -0.3 is 10.1 Å². The van der Waals surface area contributed by atoms with Crippen LogP contribution in [0.15, 0.2) is 23.1 Å². The van der Waals surface area contributed by atoms with E-state index in [1.807, 2.05) is 19.9 Å². The molecule has 0 spiro atoms. The zero-order valence-corrected chi connectivity index (χ0v) is 14.2. The molecule has 0 saturated carbocycles. The van der Waals surface area contributed by atoms with Crippen molar-refractivity contribution in [1.82, 2.24) is 5.32 Å². The van der Waals surface area contributed by atoms with Gasteiger partial charge in [0.1, 0.15) is 5.54 Å². The number of esters is 1. The van der Waals surface area contributed by atoms with Crippen molar-refractivity contribution in [2.24, 2.45) is 0 Å². The highest BCUT2D eigenvalue weighted by molar-refractivity contribution is 7.99. The summed E-state index contributed by atoms with van der Waals surface area (Å²) in [6.07, 6.45) is 0.640. The van der Waals surface area contributed by atoms with Crippen molar-refractivity contribution >= 4 is 40.9 Å². The Balaban J connectivity index is 2.65. The number of methoxy groups -OCH3 is 1. The number of likely N-dealkylation sites (N-methyl/N-ethyl adjacent to an activating group) is 1. The molecule has 0 bridgehead atoms. The van der Waals surface area contributed by atoms with Crippen LogP contribution in [0.25, 0.3) is 0 Å². The van der Waals surface area contributed by atoms with Crippen molar-refractivity contribution in [3.8, 4) is 0 Å². The van der Waals surface area contributed by atoms with Crippen LogP contribution in [0.4, 0.5) is 0 Å². The number of ether oxygens (including phenoxy) is 1. The number of benzene rings is 1. The summed E-state index contributed by atoms with van der Waals surface area (Å²) in [6.45, 7) is 4.51. The molecule has 0 aliphatic rings. The Bertz CT molecular complexity index is 470. The summed E-state index contributed by atoms with van der Waals surface area (Å²) < 4.78 is 4.86. The molecule has 0 amide bonds. The van der Waals surface area contributed by atoms with Gasteiger partial charge in [-0.3, -0.25) is 4.79 Å². The SMILES string of the molecule is CCNC(C)(CCSc1cc(Cl)ccc1Cl)C(=O)OC. The quantitative estimate of drug-likeness (QED) is 0.603. The van der Waals surface area contributed by atoms with Gasteiger partial charge in [0.2, 0.25) is 0 Å². The predicted octanol–water partition coefficient (Wildman–Crippen LogP) is 4.02. The van der Waals surface area contributed by atoms with Gasteiger partial charge in [-0.1, -0.05) is 30.1 Å². The second-order valence-electron chi connectivity index (χ2n) is 4.53. The Labute approximate surface area is 134 Å². The van der Waals surface area contributed by atoms with Crippen LogP contribution >= 0.6 is 35.0 Å². The summed E-state index contributed by atoms with van der Waals surface area (Å²) in [4.78, 5) is 12.8. The molecule has 3 nitrogen and oxygen atoms in total. The van der Waals surface area contributed by atoms with E-state index in [9.17, 15) is 4.79 Å². The lowest BCUT2D eigenvalue weighted by atomic mass is 9.99. The fourth-order valence-corrected chi connectivity index (χ4v) is 3.50. The van der Waals surface area contributed by atoms with Crippen molar-refractivity contribution in [3.63, 3.8) is 0 Å². The first-order valence-electron chi connectivity index (χ1n) is 6.34. The average Bonchev–Trinajstić information content (AvgIpc) is 2.42. The van der Waals surface area contributed by atoms with Gasteiger partial charge in [-0.25, -0.2) is 0 Å². The van der Waals surface area contributed by atoms with Gasteiger partial charge in [-0.2, -0.15) is 0 Å². The van der Waals surface area contributed by atoms with Gasteiger partial charge in [-0.15, -0.1) is 11.8 Å². The fourth-order valence-electron chi connectivity index (χ4n) is 1.83. The molecular formula is C14H19Cl2NO2S. The third-order valence-electron chi connectivity index (χ3n) is 2.96. The first-order chi connectivity index (χ1) is 9.42. The third kappa shape index (κ3) is 4.85. The molecule has 1 atom stereocenters. The van der Waals surface area contributed by atoms with Crippen LogP contribution in [0.5, 0.6) is 0 Å². The van der Waals surface area contributed by atoms with Crippen molar-refractivity contribution in [3.05, 3.63) is 28.2 Å². The molecule has 0 aliphatic carbocycles. The molecule has 1 aromatic rings. The van der Waals surface area contributed by atoms with E-state index in [1.165, 1.54) is 7.11 Å². The largest absolute Gasteiger partial charge is 0.468 e. The van der Waals surface area contributed by atoms with Gasteiger partial charge in [0.15, 0.2) is 0 Å². The Morgan fingerprint density at radius 2 is 2.15 bits per heavy atom. The van der Waals surface area contributed by atoms with E-state index >= 15 is 0 Å². The van der Waals surface area contributed by atoms with Crippen LogP contribution in [0.1, 0.15) is 20.3 Å². The van der Waals surface area contributed by atoms with Gasteiger partial charge >= 0.3 is 5.97 Å². The van der Waals surface area contributed by atoms with Crippen LogP contribution < -0.4 is 5.32 Å². The molecule has 6 heteroatoms. The zero-order chi connectivity index (χ0) is 15.2. The molecule has 0 heterocycles. The van der Waals surface area contributed by atoms with Crippen LogP contribution in [0.3, 0.4) is 0 Å². The summed E-state index contributed by atoms with van der Waals surface area (Å²) in [7, 11) is 1.40. The van der Waals surface area contributed by atoms with Crippen molar-refractivity contribution in [1.29, 1.82) is 0 Å². The standard InChI is InChI=1S/C14H19Cl2NO2S/c1-4-17-14(2,13(18)19-3)7-8-20-12-9-10(15)5-6-11(12)16/h5-6,9,17H,4,7-8H2,1-3H3. The first kappa shape index (κ1) is 17.6. The zero-order valence-electron chi connectivity index (χ0n) is 11.8. The summed E-state index contributed by atoms with van der Waals surface area (Å²) in [5.74, 6) is 0.482. The van der Waals surface area contributed by atoms with E-state index in [0.29, 0.717) is 23.0 Å². The molecule has 112 valence electrons. The lowest BCUT2D eigenvalue weighted by Crippen LogP contribution is -2.50. The van der Waals surface area contributed by atoms with Crippen LogP contribution in [0, 0.1) is 0 Å². The van der Waals surface area contributed by atoms with E-state index in [4.69, 9.17) is 27.9 Å². The number of halogens is 2. The topological polar surface area (TPSA) is 38.3 Å². The summed E-state index contributed by atoms with van der Waals surface area (Å²) in [5.41, 5.74) is -0.679. The highest BCUT2D eigenvalue weighted by Gasteiger charge is 2.32. The van der Waals surface area contributed by atoms with E-state index < -0.39 is 5.54 Å². The van der Waals surface area contributed by atoms with Gasteiger partial charge in [0.25, 0.3) is 0 Å². The number of rotatable bonds is 7. The van der Waals surface area contributed by atoms with Crippen molar-refractivity contribution in [2.75, 3.05) is 19.4 Å². The smallest absolute Gasteiger partial charge is 0.325 e. The minimum Gasteiger partial charge on any atom is -0.468 e. The van der Waals surface area contributed by atoms with E-state index in [2.05, 4.69) is 5.32 Å². The molecule has 1 unspecified atom stereocenters. The molecule has 0 aliphatic heterocycles. The molecule has 0 saturated heterocycles. The van der Waals surface area contributed by atoms with E-state index in [0.717, 1.165) is 10.6 Å². The van der Waals surface area contributed by atoms with Gasteiger partial charge in [0, 0.05) is 15.7 Å². The molecule has 1 N–H and O–H groups in total. The molecular weight excluding hydrogens is 317 g/mol. The third-order valence-corrected chi connectivity index (χ3v) is 4.69. The number of carbonyl (C=O) groups is 1. The Morgan fingerprint density at radius 1 is 1.45 bits per heavy atom. The molecule has 20 heavy (non-hydrogen) atoms. The highest BCUT2D eigenvalue weighted by Crippen LogP contribution is 2.31. The summed E-state index contributed by atoms with van der Waals surface area (Å²) in [6, 6.07) is 5.36. The lowest BCUT2D eigenvalue weighted by Gasteiger charge is -2.27. The lowest BCUT2D eigenvalue weighted by molar-refractivity contribution is -0.147. The second-order valence-corrected chi connectivity index (χ2v) is 6.51. The Kier molecular flexibility index (Phi) is 7.17. The number of carbonyl (C=O) groups excluding carboxylic acids is 1. The fraction of sp³-hybridized carbons (Fsp3) is 0.500. The van der Waals surface area contributed by atoms with Crippen LogP contribution in [-0.4, -0.2) is 30.9 Å². The average molecular weight is 336 g/mol. The summed E-state index contributed by atoms with van der Waals surface area (Å²) >= 11 is 13.6. The molecule has 0 aromatic heterocycles. The predicted molar refractivity (Wildman–Crippen MR) is 85.9 cm³/mol. The van der Waals surface area contributed by atoms with E-state index in [-0.39, 0.29) is 5.97 Å². The number of thioether (sulfide) groups is 1. The highest BCUT2D eigenvalue weighted by atomic mass is 35.5. The minimum atomic E-state index is -0.679.